The molecule has 2 saturated carbocycles. The summed E-state index contributed by atoms with van der Waals surface area (Å²) in [5.41, 5.74) is 1.24. The van der Waals surface area contributed by atoms with Gasteiger partial charge in [-0.2, -0.15) is 10.1 Å². The molecular formula is C24H20N2O5. The van der Waals surface area contributed by atoms with E-state index in [1.807, 2.05) is 0 Å². The molecule has 1 aromatic heterocycles. The molecule has 7 nitrogen and oxygen atoms in total. The summed E-state index contributed by atoms with van der Waals surface area (Å²) >= 11 is 0. The van der Waals surface area contributed by atoms with Crippen LogP contribution < -0.4 is 0 Å². The maximum absolute atomic E-state index is 13.0. The van der Waals surface area contributed by atoms with Crippen LogP contribution in [0.15, 0.2) is 58.1 Å². The van der Waals surface area contributed by atoms with Crippen molar-refractivity contribution in [3.8, 4) is 11.3 Å². The largest absolute Gasteiger partial charge is 0.465 e. The van der Waals surface area contributed by atoms with Crippen molar-refractivity contribution < 1.29 is 23.5 Å². The van der Waals surface area contributed by atoms with Gasteiger partial charge in [0.05, 0.1) is 30.7 Å². The molecule has 7 heteroatoms. The molecule has 31 heavy (non-hydrogen) atoms. The number of hydrogen-bond donors (Lipinski definition) is 0. The summed E-state index contributed by atoms with van der Waals surface area (Å²) in [7, 11) is 1.34. The summed E-state index contributed by atoms with van der Waals surface area (Å²) in [5.74, 6) is 1.21. The third-order valence-corrected chi connectivity index (χ3v) is 7.16. The van der Waals surface area contributed by atoms with E-state index in [9.17, 15) is 14.4 Å². The minimum Gasteiger partial charge on any atom is -0.465 e. The number of allylic oxidation sites excluding steroid dienone is 2. The first kappa shape index (κ1) is 18.3. The van der Waals surface area contributed by atoms with Crippen LogP contribution in [-0.2, 0) is 14.3 Å². The van der Waals surface area contributed by atoms with Gasteiger partial charge in [0, 0.05) is 5.56 Å². The molecular weight excluding hydrogens is 396 g/mol. The summed E-state index contributed by atoms with van der Waals surface area (Å²) in [5, 5.41) is 5.24. The normalized spacial score (nSPS) is 32.5. The fraction of sp³-hybridized carbons (Fsp3) is 0.333. The number of ether oxygens (including phenoxy) is 1. The van der Waals surface area contributed by atoms with E-state index in [-0.39, 0.29) is 35.5 Å². The quantitative estimate of drug-likeness (QED) is 0.331. The first-order valence-electron chi connectivity index (χ1n) is 10.5. The van der Waals surface area contributed by atoms with Crippen LogP contribution in [0.4, 0.5) is 0 Å². The van der Waals surface area contributed by atoms with Crippen molar-refractivity contribution in [2.24, 2.45) is 40.6 Å². The number of carbonyl (C=O) groups excluding carboxylic acids is 3. The van der Waals surface area contributed by atoms with Crippen LogP contribution in [0.2, 0.25) is 0 Å². The average Bonchev–Trinajstić information content (AvgIpc) is 3.44. The smallest absolute Gasteiger partial charge is 0.337 e. The van der Waals surface area contributed by atoms with E-state index in [4.69, 9.17) is 9.15 Å². The van der Waals surface area contributed by atoms with Crippen LogP contribution in [0.5, 0.6) is 0 Å². The van der Waals surface area contributed by atoms with Crippen LogP contribution in [0, 0.1) is 35.5 Å². The van der Waals surface area contributed by atoms with Crippen LogP contribution in [-0.4, -0.2) is 36.1 Å². The number of imide groups is 1. The summed E-state index contributed by atoms with van der Waals surface area (Å²) in [6.07, 6.45) is 6.83. The second-order valence-corrected chi connectivity index (χ2v) is 8.66. The predicted molar refractivity (Wildman–Crippen MR) is 110 cm³/mol. The number of furan rings is 1. The maximum Gasteiger partial charge on any atom is 0.337 e. The molecule has 156 valence electrons. The molecule has 2 heterocycles. The van der Waals surface area contributed by atoms with Gasteiger partial charge in [-0.25, -0.2) is 4.79 Å². The summed E-state index contributed by atoms with van der Waals surface area (Å²) in [4.78, 5) is 37.5. The van der Waals surface area contributed by atoms with Crippen LogP contribution >= 0.6 is 0 Å². The monoisotopic (exact) mass is 416 g/mol. The highest BCUT2D eigenvalue weighted by molar-refractivity contribution is 6.06. The Labute approximate surface area is 178 Å². The molecule has 6 atom stereocenters. The van der Waals surface area contributed by atoms with Gasteiger partial charge in [0.15, 0.2) is 0 Å². The lowest BCUT2D eigenvalue weighted by Crippen LogP contribution is -2.40. The lowest BCUT2D eigenvalue weighted by Gasteiger charge is -2.37. The van der Waals surface area contributed by atoms with Gasteiger partial charge in [-0.1, -0.05) is 24.3 Å². The fourth-order valence-corrected chi connectivity index (χ4v) is 5.64. The number of hydrazone groups is 1. The molecule has 0 N–H and O–H groups in total. The zero-order valence-corrected chi connectivity index (χ0v) is 16.8. The third-order valence-electron chi connectivity index (χ3n) is 7.16. The van der Waals surface area contributed by atoms with Gasteiger partial charge < -0.3 is 9.15 Å². The Kier molecular flexibility index (Phi) is 3.84. The SMILES string of the molecule is COC(=O)c1ccc(-c2ccc(/C=N\N3C(=O)[C@@H]4[C@@H]5C=C[C@H]([C@H]6C[C@H]56)[C@@H]4C3=O)o2)cc1. The minimum absolute atomic E-state index is 0.180. The van der Waals surface area contributed by atoms with Gasteiger partial charge in [0.25, 0.3) is 11.8 Å². The number of amides is 2. The summed E-state index contributed by atoms with van der Waals surface area (Å²) in [6, 6.07) is 10.4. The predicted octanol–water partition coefficient (Wildman–Crippen LogP) is 3.12. The molecule has 0 radical (unpaired) electrons. The lowest BCUT2D eigenvalue weighted by atomic mass is 9.63. The Morgan fingerprint density at radius 3 is 2.29 bits per heavy atom. The number of nitrogens with zero attached hydrogens (tertiary/aromatic N) is 2. The Balaban J connectivity index is 1.20. The number of hydrogen-bond acceptors (Lipinski definition) is 6. The molecule has 2 aromatic rings. The average molecular weight is 416 g/mol. The zero-order valence-electron chi connectivity index (χ0n) is 16.8. The van der Waals surface area contributed by atoms with E-state index in [0.717, 1.165) is 17.0 Å². The van der Waals surface area contributed by atoms with Gasteiger partial charge in [0.2, 0.25) is 0 Å². The molecule has 4 aliphatic carbocycles. The Bertz CT molecular complexity index is 1120. The van der Waals surface area contributed by atoms with Crippen molar-refractivity contribution in [3.63, 3.8) is 0 Å². The summed E-state index contributed by atoms with van der Waals surface area (Å²) in [6.45, 7) is 0. The Hall–Kier alpha value is -3.48. The van der Waals surface area contributed by atoms with E-state index in [2.05, 4.69) is 17.3 Å². The maximum atomic E-state index is 13.0. The van der Waals surface area contributed by atoms with Crippen LogP contribution in [0.3, 0.4) is 0 Å². The van der Waals surface area contributed by atoms with Gasteiger partial charge in [0.1, 0.15) is 11.5 Å². The molecule has 1 aliphatic heterocycles. The topological polar surface area (TPSA) is 89.2 Å². The van der Waals surface area contributed by atoms with E-state index < -0.39 is 5.97 Å². The van der Waals surface area contributed by atoms with Crippen LogP contribution in [0.1, 0.15) is 22.5 Å². The molecule has 7 rings (SSSR count). The van der Waals surface area contributed by atoms with Crippen molar-refractivity contribution in [1.29, 1.82) is 0 Å². The third kappa shape index (κ3) is 2.65. The second kappa shape index (κ2) is 6.51. The fourth-order valence-electron chi connectivity index (χ4n) is 5.64. The molecule has 5 aliphatic rings. The van der Waals surface area contributed by atoms with Gasteiger partial charge in [-0.15, -0.1) is 0 Å². The molecule has 2 amide bonds. The zero-order chi connectivity index (χ0) is 21.3. The number of esters is 1. The summed E-state index contributed by atoms with van der Waals surface area (Å²) < 4.78 is 10.5. The molecule has 2 bridgehead atoms. The van der Waals surface area contributed by atoms with Crippen molar-refractivity contribution in [3.05, 3.63) is 59.9 Å². The first-order valence-corrected chi connectivity index (χ1v) is 10.5. The van der Waals surface area contributed by atoms with Gasteiger partial charge in [-0.05, 0) is 54.4 Å². The van der Waals surface area contributed by atoms with E-state index in [0.29, 0.717) is 28.9 Å². The molecule has 1 saturated heterocycles. The highest BCUT2D eigenvalue weighted by atomic mass is 16.5. The number of methoxy groups -OCH3 is 1. The van der Waals surface area contributed by atoms with E-state index in [1.165, 1.54) is 13.3 Å². The van der Waals surface area contributed by atoms with E-state index in [1.54, 1.807) is 36.4 Å². The highest BCUT2D eigenvalue weighted by Crippen LogP contribution is 2.65. The standard InChI is InChI=1S/C24H20N2O5/c1-30-24(29)13-4-2-12(3-5-13)19-9-6-14(31-19)11-25-26-22(27)20-15-7-8-16(18-10-17(15)18)21(20)23(26)28/h2-9,11,15-18,20-21H,10H2,1H3/b25-11-/t15-,16-,17-,18-,20-,21+/m1/s1. The molecule has 3 fully saturated rings. The highest BCUT2D eigenvalue weighted by Gasteiger charge is 2.67. The molecule has 0 unspecified atom stereocenters. The van der Waals surface area contributed by atoms with Crippen molar-refractivity contribution >= 4 is 24.0 Å². The van der Waals surface area contributed by atoms with Gasteiger partial charge in [-0.3, -0.25) is 9.59 Å². The minimum atomic E-state index is -0.403. The van der Waals surface area contributed by atoms with Crippen molar-refractivity contribution in [2.75, 3.05) is 7.11 Å². The van der Waals surface area contributed by atoms with Gasteiger partial charge >= 0.3 is 5.97 Å². The number of rotatable bonds is 4. The van der Waals surface area contributed by atoms with Crippen molar-refractivity contribution in [2.45, 2.75) is 6.42 Å². The Morgan fingerprint density at radius 2 is 1.68 bits per heavy atom. The number of carbonyl (C=O) groups is 3. The lowest BCUT2D eigenvalue weighted by molar-refractivity contribution is -0.140. The molecule has 0 spiro atoms. The van der Waals surface area contributed by atoms with E-state index >= 15 is 0 Å². The van der Waals surface area contributed by atoms with Crippen LogP contribution in [0.25, 0.3) is 11.3 Å². The first-order chi connectivity index (χ1) is 15.1. The van der Waals surface area contributed by atoms with Crippen molar-refractivity contribution in [1.82, 2.24) is 5.01 Å². The molecule has 1 aromatic carbocycles. The Morgan fingerprint density at radius 1 is 1.03 bits per heavy atom. The second-order valence-electron chi connectivity index (χ2n) is 8.66. The number of benzene rings is 1.